The lowest BCUT2D eigenvalue weighted by atomic mass is 9.87. The number of aromatic nitrogens is 1. The molecule has 10 heteroatoms. The van der Waals surface area contributed by atoms with E-state index >= 15 is 0 Å². The topological polar surface area (TPSA) is 144 Å². The molecule has 0 radical (unpaired) electrons. The lowest BCUT2D eigenvalue weighted by Gasteiger charge is -2.45. The molecule has 2 aromatic rings. The molecule has 0 unspecified atom stereocenters. The molecule has 1 aromatic heterocycles. The molecule has 1 aliphatic carbocycles. The van der Waals surface area contributed by atoms with Crippen LogP contribution in [0.3, 0.4) is 0 Å². The predicted octanol–water partition coefficient (Wildman–Crippen LogP) is 3.78. The highest BCUT2D eigenvalue weighted by Crippen LogP contribution is 2.39. The van der Waals surface area contributed by atoms with Crippen LogP contribution in [0.4, 0.5) is 10.5 Å². The van der Waals surface area contributed by atoms with Gasteiger partial charge in [0.25, 0.3) is 0 Å². The van der Waals surface area contributed by atoms with Crippen LogP contribution in [0.1, 0.15) is 64.3 Å². The molecule has 1 aromatic carbocycles. The van der Waals surface area contributed by atoms with E-state index in [2.05, 4.69) is 15.3 Å². The maximum Gasteiger partial charge on any atom is 0.407 e. The average molecular weight is 468 g/mol. The first-order chi connectivity index (χ1) is 16.1. The summed E-state index contributed by atoms with van der Waals surface area (Å²) in [7, 11) is 0. The summed E-state index contributed by atoms with van der Waals surface area (Å²) in [5, 5.41) is 2.71. The molecule has 5 N–H and O–H groups in total. The molecule has 2 heterocycles. The highest BCUT2D eigenvalue weighted by atomic mass is 16.6. The van der Waals surface area contributed by atoms with Crippen molar-refractivity contribution in [2.45, 2.75) is 77.6 Å². The van der Waals surface area contributed by atoms with Gasteiger partial charge in [-0.3, -0.25) is 4.90 Å². The Hall–Kier alpha value is -3.56. The zero-order chi connectivity index (χ0) is 24.5. The van der Waals surface area contributed by atoms with Gasteiger partial charge in [0.1, 0.15) is 22.7 Å². The summed E-state index contributed by atoms with van der Waals surface area (Å²) < 4.78 is 11.1. The van der Waals surface area contributed by atoms with Gasteiger partial charge in [-0.1, -0.05) is 6.42 Å². The van der Waals surface area contributed by atoms with Crippen molar-refractivity contribution in [1.29, 1.82) is 0 Å². The van der Waals surface area contributed by atoms with Crippen molar-refractivity contribution in [2.24, 2.45) is 21.5 Å². The van der Waals surface area contributed by atoms with Crippen LogP contribution in [0.2, 0.25) is 0 Å². The Kier molecular flexibility index (Phi) is 6.24. The van der Waals surface area contributed by atoms with Crippen LogP contribution in [-0.4, -0.2) is 34.3 Å². The SMILES string of the molecule is Cc1oc(-c2ccc(N3C(N)=NC(N)=NC34CCCCC4)cc2)nc1CNC(=O)OC(C)(C)C. The number of oxazole rings is 1. The van der Waals surface area contributed by atoms with Crippen molar-refractivity contribution in [3.8, 4) is 11.5 Å². The molecule has 0 atom stereocenters. The standard InChI is InChI=1S/C24H33N7O3/c1-15-18(14-27-22(32)34-23(2,3)4)28-19(33-15)16-8-10-17(11-9-16)31-21(26)29-20(25)30-24(31)12-6-5-7-13-24/h8-11H,5-7,12-14H2,1-4H3,(H,27,32)(H4,25,26,29,30). The molecule has 34 heavy (non-hydrogen) atoms. The minimum atomic E-state index is -0.564. The second-order valence-corrected chi connectivity index (χ2v) is 9.74. The highest BCUT2D eigenvalue weighted by molar-refractivity contribution is 6.05. The van der Waals surface area contributed by atoms with Crippen molar-refractivity contribution in [3.63, 3.8) is 0 Å². The number of amides is 1. The number of nitrogens with zero attached hydrogens (tertiary/aromatic N) is 4. The van der Waals surface area contributed by atoms with E-state index in [-0.39, 0.29) is 12.5 Å². The number of hydrogen-bond donors (Lipinski definition) is 3. The Balaban J connectivity index is 1.51. The number of ether oxygens (including phenoxy) is 1. The van der Waals surface area contributed by atoms with Gasteiger partial charge in [0.15, 0.2) is 0 Å². The molecule has 1 saturated carbocycles. The van der Waals surface area contributed by atoms with Gasteiger partial charge in [0, 0.05) is 11.3 Å². The summed E-state index contributed by atoms with van der Waals surface area (Å²) in [5.74, 6) is 1.69. The molecular weight excluding hydrogens is 434 g/mol. The Labute approximate surface area is 199 Å². The quantitative estimate of drug-likeness (QED) is 0.620. The summed E-state index contributed by atoms with van der Waals surface area (Å²) in [6, 6.07) is 7.78. The van der Waals surface area contributed by atoms with Gasteiger partial charge in [0.2, 0.25) is 17.8 Å². The molecular formula is C24H33N7O3. The predicted molar refractivity (Wildman–Crippen MR) is 131 cm³/mol. The van der Waals surface area contributed by atoms with Crippen molar-refractivity contribution >= 4 is 23.7 Å². The van der Waals surface area contributed by atoms with E-state index in [1.165, 1.54) is 6.42 Å². The van der Waals surface area contributed by atoms with E-state index in [4.69, 9.17) is 25.6 Å². The maximum atomic E-state index is 11.9. The number of aryl methyl sites for hydroxylation is 1. The first-order valence-corrected chi connectivity index (χ1v) is 11.6. The van der Waals surface area contributed by atoms with E-state index < -0.39 is 17.4 Å². The van der Waals surface area contributed by atoms with Gasteiger partial charge in [0.05, 0.1) is 6.54 Å². The number of rotatable bonds is 4. The van der Waals surface area contributed by atoms with Gasteiger partial charge in [-0.2, -0.15) is 4.99 Å². The first kappa shape index (κ1) is 23.6. The smallest absolute Gasteiger partial charge is 0.407 e. The second kappa shape index (κ2) is 9.00. The number of guanidine groups is 2. The number of benzene rings is 1. The fraction of sp³-hybridized carbons (Fsp3) is 0.500. The number of nitrogens with one attached hydrogen (secondary N) is 1. The van der Waals surface area contributed by atoms with Gasteiger partial charge < -0.3 is 25.9 Å². The number of carbonyl (C=O) groups is 1. The van der Waals surface area contributed by atoms with Gasteiger partial charge >= 0.3 is 6.09 Å². The number of carbonyl (C=O) groups excluding carboxylic acids is 1. The Morgan fingerprint density at radius 2 is 1.85 bits per heavy atom. The molecule has 0 bridgehead atoms. The first-order valence-electron chi connectivity index (χ1n) is 11.6. The minimum absolute atomic E-state index is 0.213. The van der Waals surface area contributed by atoms with Crippen molar-refractivity contribution < 1.29 is 13.9 Å². The molecule has 2 aliphatic rings. The third-order valence-electron chi connectivity index (χ3n) is 5.92. The van der Waals surface area contributed by atoms with Crippen LogP contribution in [0.25, 0.3) is 11.5 Å². The van der Waals surface area contributed by atoms with Crippen molar-refractivity contribution in [1.82, 2.24) is 10.3 Å². The number of hydrogen-bond acceptors (Lipinski definition) is 9. The lowest BCUT2D eigenvalue weighted by Crippen LogP contribution is -2.58. The zero-order valence-corrected chi connectivity index (χ0v) is 20.2. The maximum absolute atomic E-state index is 11.9. The fourth-order valence-electron chi connectivity index (χ4n) is 4.43. The average Bonchev–Trinajstić information content (AvgIpc) is 3.12. The van der Waals surface area contributed by atoms with Gasteiger partial charge in [-0.15, -0.1) is 0 Å². The molecule has 182 valence electrons. The summed E-state index contributed by atoms with van der Waals surface area (Å²) in [6.07, 6.45) is 4.55. The third kappa shape index (κ3) is 5.00. The number of anilines is 1. The van der Waals surface area contributed by atoms with Gasteiger partial charge in [-0.25, -0.2) is 14.8 Å². The molecule has 4 rings (SSSR count). The van der Waals surface area contributed by atoms with Crippen LogP contribution < -0.4 is 21.7 Å². The lowest BCUT2D eigenvalue weighted by molar-refractivity contribution is 0.0523. The largest absolute Gasteiger partial charge is 0.444 e. The van der Waals surface area contributed by atoms with E-state index in [0.29, 0.717) is 23.3 Å². The van der Waals surface area contributed by atoms with Crippen LogP contribution in [0.15, 0.2) is 38.7 Å². The normalized spacial score (nSPS) is 17.8. The summed E-state index contributed by atoms with van der Waals surface area (Å²) in [6.45, 7) is 7.48. The third-order valence-corrected chi connectivity index (χ3v) is 5.92. The van der Waals surface area contributed by atoms with E-state index in [1.807, 2.05) is 56.9 Å². The van der Waals surface area contributed by atoms with E-state index in [0.717, 1.165) is 36.9 Å². The van der Waals surface area contributed by atoms with Crippen molar-refractivity contribution in [2.75, 3.05) is 4.90 Å². The Bertz CT molecular complexity index is 1110. The fourth-order valence-corrected chi connectivity index (χ4v) is 4.43. The molecule has 1 amide bonds. The molecule has 0 saturated heterocycles. The zero-order valence-electron chi connectivity index (χ0n) is 20.2. The van der Waals surface area contributed by atoms with E-state index in [1.54, 1.807) is 0 Å². The summed E-state index contributed by atoms with van der Waals surface area (Å²) in [5.41, 5.74) is 13.6. The highest BCUT2D eigenvalue weighted by Gasteiger charge is 2.42. The molecule has 10 nitrogen and oxygen atoms in total. The monoisotopic (exact) mass is 467 g/mol. The molecule has 1 aliphatic heterocycles. The van der Waals surface area contributed by atoms with Crippen LogP contribution >= 0.6 is 0 Å². The Morgan fingerprint density at radius 1 is 1.18 bits per heavy atom. The van der Waals surface area contributed by atoms with Crippen LogP contribution in [0, 0.1) is 6.92 Å². The van der Waals surface area contributed by atoms with Gasteiger partial charge in [-0.05, 0) is 77.6 Å². The van der Waals surface area contributed by atoms with Crippen LogP contribution in [-0.2, 0) is 11.3 Å². The minimum Gasteiger partial charge on any atom is -0.444 e. The van der Waals surface area contributed by atoms with Crippen molar-refractivity contribution in [3.05, 3.63) is 35.7 Å². The number of alkyl carbamates (subject to hydrolysis) is 1. The summed E-state index contributed by atoms with van der Waals surface area (Å²) >= 11 is 0. The summed E-state index contributed by atoms with van der Waals surface area (Å²) in [4.78, 5) is 27.4. The molecule has 1 fully saturated rings. The number of aliphatic imine (C=N–C) groups is 2. The van der Waals surface area contributed by atoms with Crippen LogP contribution in [0.5, 0.6) is 0 Å². The second-order valence-electron chi connectivity index (χ2n) is 9.74. The van der Waals surface area contributed by atoms with E-state index in [9.17, 15) is 4.79 Å². The Morgan fingerprint density at radius 3 is 2.50 bits per heavy atom. The number of nitrogens with two attached hydrogens (primary N) is 2. The molecule has 1 spiro atoms.